The van der Waals surface area contributed by atoms with E-state index in [0.29, 0.717) is 36.5 Å². The van der Waals surface area contributed by atoms with Crippen molar-refractivity contribution in [3.63, 3.8) is 0 Å². The molecule has 0 spiro atoms. The van der Waals surface area contributed by atoms with Gasteiger partial charge in [0, 0.05) is 24.2 Å². The number of hydrogen-bond donors (Lipinski definition) is 3. The summed E-state index contributed by atoms with van der Waals surface area (Å²) in [5.74, 6) is 0.699. The first-order valence-corrected chi connectivity index (χ1v) is 11.1. The minimum atomic E-state index is -0.568. The molecule has 3 rings (SSSR count). The number of β-amino-alcohol motifs (C(OH)–C–C–N with tert-alkyl or cyclic N) is 1. The van der Waals surface area contributed by atoms with Gasteiger partial charge in [0.15, 0.2) is 0 Å². The van der Waals surface area contributed by atoms with Crippen LogP contribution >= 0.6 is 11.6 Å². The van der Waals surface area contributed by atoms with Crippen LogP contribution in [0.4, 0.5) is 0 Å². The van der Waals surface area contributed by atoms with Crippen LogP contribution in [0.2, 0.25) is 5.02 Å². The van der Waals surface area contributed by atoms with Crippen molar-refractivity contribution in [1.82, 2.24) is 10.2 Å². The van der Waals surface area contributed by atoms with Gasteiger partial charge in [0.25, 0.3) is 0 Å². The van der Waals surface area contributed by atoms with Gasteiger partial charge < -0.3 is 29.9 Å². The Morgan fingerprint density at radius 2 is 1.83 bits per heavy atom. The summed E-state index contributed by atoms with van der Waals surface area (Å²) in [5.41, 5.74) is 0. The second-order valence-electron chi connectivity index (χ2n) is 7.98. The van der Waals surface area contributed by atoms with Gasteiger partial charge in [-0.3, -0.25) is 0 Å². The van der Waals surface area contributed by atoms with E-state index in [-0.39, 0.29) is 12.7 Å². The lowest BCUT2D eigenvalue weighted by atomic mass is 10.0. The van der Waals surface area contributed by atoms with E-state index in [1.807, 2.05) is 18.2 Å². The highest BCUT2D eigenvalue weighted by atomic mass is 35.5. The van der Waals surface area contributed by atoms with Gasteiger partial charge in [-0.25, -0.2) is 0 Å². The van der Waals surface area contributed by atoms with Gasteiger partial charge in [-0.2, -0.15) is 0 Å². The number of ether oxygens (including phenoxy) is 2. The molecule has 1 heterocycles. The lowest BCUT2D eigenvalue weighted by Gasteiger charge is -2.34. The Labute approximate surface area is 184 Å². The zero-order chi connectivity index (χ0) is 21.2. The van der Waals surface area contributed by atoms with Crippen LogP contribution in [0.25, 0.3) is 0 Å². The van der Waals surface area contributed by atoms with Crippen LogP contribution in [0, 0.1) is 0 Å². The number of benzene rings is 1. The van der Waals surface area contributed by atoms with Crippen molar-refractivity contribution in [2.75, 3.05) is 39.4 Å². The number of allylic oxidation sites excluding steroid dienone is 2. The summed E-state index contributed by atoms with van der Waals surface area (Å²) >= 11 is 5.85. The molecule has 3 atom stereocenters. The minimum absolute atomic E-state index is 0.0784. The number of hydrogen-bond acceptors (Lipinski definition) is 6. The summed E-state index contributed by atoms with van der Waals surface area (Å²) in [6.45, 7) is 3.59. The maximum absolute atomic E-state index is 10.3. The molecule has 166 valence electrons. The van der Waals surface area contributed by atoms with E-state index in [4.69, 9.17) is 21.1 Å². The molecule has 1 saturated heterocycles. The van der Waals surface area contributed by atoms with Crippen molar-refractivity contribution in [3.05, 3.63) is 53.6 Å². The van der Waals surface area contributed by atoms with Crippen molar-refractivity contribution in [3.8, 4) is 5.75 Å². The van der Waals surface area contributed by atoms with Gasteiger partial charge in [0.05, 0.1) is 18.8 Å². The lowest BCUT2D eigenvalue weighted by Crippen LogP contribution is -2.47. The normalized spacial score (nSPS) is 22.2. The maximum atomic E-state index is 10.3. The molecule has 0 radical (unpaired) electrons. The van der Waals surface area contributed by atoms with E-state index < -0.39 is 12.2 Å². The highest BCUT2D eigenvalue weighted by Crippen LogP contribution is 2.16. The van der Waals surface area contributed by atoms with Crippen LogP contribution < -0.4 is 10.1 Å². The third kappa shape index (κ3) is 8.38. The smallest absolute Gasteiger partial charge is 0.119 e. The fourth-order valence-corrected chi connectivity index (χ4v) is 3.80. The van der Waals surface area contributed by atoms with E-state index in [1.165, 1.54) is 0 Å². The number of piperidine rings is 1. The fourth-order valence-electron chi connectivity index (χ4n) is 3.67. The molecule has 7 heteroatoms. The average molecular weight is 437 g/mol. The molecule has 0 saturated carbocycles. The molecule has 30 heavy (non-hydrogen) atoms. The number of aliphatic hydroxyl groups excluding tert-OH is 2. The number of nitrogens with zero attached hydrogens (tertiary/aromatic N) is 1. The van der Waals surface area contributed by atoms with Crippen LogP contribution in [-0.4, -0.2) is 78.9 Å². The predicted octanol–water partition coefficient (Wildman–Crippen LogP) is 2.40. The van der Waals surface area contributed by atoms with E-state index in [9.17, 15) is 10.2 Å². The number of aliphatic hydroxyl groups is 2. The van der Waals surface area contributed by atoms with Crippen LogP contribution in [0.1, 0.15) is 19.3 Å². The molecule has 0 aromatic heterocycles. The van der Waals surface area contributed by atoms with Crippen molar-refractivity contribution in [2.24, 2.45) is 0 Å². The molecule has 0 bridgehead atoms. The average Bonchev–Trinajstić information content (AvgIpc) is 2.77. The highest BCUT2D eigenvalue weighted by molar-refractivity contribution is 6.30. The quantitative estimate of drug-likeness (QED) is 0.494. The van der Waals surface area contributed by atoms with Crippen LogP contribution in [0.5, 0.6) is 5.75 Å². The number of halogens is 1. The van der Waals surface area contributed by atoms with Gasteiger partial charge in [-0.15, -0.1) is 0 Å². The lowest BCUT2D eigenvalue weighted by molar-refractivity contribution is -0.00799. The SMILES string of the molecule is OC(CNC1CCN(CC(O)COC2C=CC=CC2)CC1)COc1ccc(Cl)cc1. The molecule has 1 aliphatic heterocycles. The largest absolute Gasteiger partial charge is 0.491 e. The zero-order valence-electron chi connectivity index (χ0n) is 17.3. The van der Waals surface area contributed by atoms with E-state index in [2.05, 4.69) is 16.3 Å². The molecule has 1 aromatic rings. The molecule has 1 fully saturated rings. The van der Waals surface area contributed by atoms with Gasteiger partial charge in [0.2, 0.25) is 0 Å². The molecule has 1 aliphatic carbocycles. The predicted molar refractivity (Wildman–Crippen MR) is 119 cm³/mol. The summed E-state index contributed by atoms with van der Waals surface area (Å²) in [6, 6.07) is 7.49. The number of nitrogens with one attached hydrogen (secondary N) is 1. The van der Waals surface area contributed by atoms with E-state index in [1.54, 1.807) is 24.3 Å². The van der Waals surface area contributed by atoms with Gasteiger partial charge >= 0.3 is 0 Å². The molecule has 3 unspecified atom stereocenters. The van der Waals surface area contributed by atoms with Crippen molar-refractivity contribution in [1.29, 1.82) is 0 Å². The Kier molecular flexibility index (Phi) is 9.65. The topological polar surface area (TPSA) is 74.2 Å². The fraction of sp³-hybridized carbons (Fsp3) is 0.565. The van der Waals surface area contributed by atoms with Crippen LogP contribution in [-0.2, 0) is 4.74 Å². The summed E-state index contributed by atoms with van der Waals surface area (Å²) in [7, 11) is 0. The van der Waals surface area contributed by atoms with Crippen LogP contribution in [0.3, 0.4) is 0 Å². The standard InChI is InChI=1S/C23H33ClN2O4/c24-18-6-8-23(9-7-18)29-16-20(27)14-25-19-10-12-26(13-11-19)15-21(28)17-30-22-4-2-1-3-5-22/h1-4,6-9,19-22,25,27-28H,5,10-17H2. The van der Waals surface area contributed by atoms with E-state index in [0.717, 1.165) is 32.4 Å². The Hall–Kier alpha value is -1.41. The molecule has 2 aliphatic rings. The first-order valence-electron chi connectivity index (χ1n) is 10.7. The van der Waals surface area contributed by atoms with Crippen molar-refractivity contribution in [2.45, 2.75) is 43.6 Å². The van der Waals surface area contributed by atoms with Crippen LogP contribution in [0.15, 0.2) is 48.6 Å². The minimum Gasteiger partial charge on any atom is -0.491 e. The monoisotopic (exact) mass is 436 g/mol. The van der Waals surface area contributed by atoms with Crippen molar-refractivity contribution < 1.29 is 19.7 Å². The second-order valence-corrected chi connectivity index (χ2v) is 8.41. The second kappa shape index (κ2) is 12.4. The Morgan fingerprint density at radius 3 is 2.53 bits per heavy atom. The van der Waals surface area contributed by atoms with Gasteiger partial charge in [-0.05, 0) is 56.6 Å². The molecule has 6 nitrogen and oxygen atoms in total. The van der Waals surface area contributed by atoms with Crippen molar-refractivity contribution >= 4 is 11.6 Å². The molecule has 3 N–H and O–H groups in total. The Morgan fingerprint density at radius 1 is 1.07 bits per heavy atom. The first kappa shape index (κ1) is 23.3. The van der Waals surface area contributed by atoms with Gasteiger partial charge in [-0.1, -0.05) is 35.9 Å². The molecular formula is C23H33ClN2O4. The highest BCUT2D eigenvalue weighted by Gasteiger charge is 2.22. The molecule has 0 amide bonds. The third-order valence-electron chi connectivity index (χ3n) is 5.40. The third-order valence-corrected chi connectivity index (χ3v) is 5.65. The number of likely N-dealkylation sites (tertiary alicyclic amines) is 1. The molecular weight excluding hydrogens is 404 g/mol. The summed E-state index contributed by atoms with van der Waals surface area (Å²) in [4.78, 5) is 2.28. The first-order chi connectivity index (χ1) is 14.6. The number of rotatable bonds is 11. The molecule has 1 aromatic carbocycles. The Bertz CT molecular complexity index is 674. The van der Waals surface area contributed by atoms with Gasteiger partial charge in [0.1, 0.15) is 18.5 Å². The Balaban J connectivity index is 1.24. The maximum Gasteiger partial charge on any atom is 0.119 e. The zero-order valence-corrected chi connectivity index (χ0v) is 18.1. The summed E-state index contributed by atoms with van der Waals surface area (Å²) in [6.07, 6.45) is 10.0. The van der Waals surface area contributed by atoms with E-state index >= 15 is 0 Å². The summed E-state index contributed by atoms with van der Waals surface area (Å²) < 4.78 is 11.3. The summed E-state index contributed by atoms with van der Waals surface area (Å²) in [5, 5.41) is 24.5.